The van der Waals surface area contributed by atoms with Gasteiger partial charge in [0.05, 0.1) is 29.4 Å². The van der Waals surface area contributed by atoms with Gasteiger partial charge in [-0.25, -0.2) is 9.67 Å². The Balaban J connectivity index is 1.41. The second-order valence-corrected chi connectivity index (χ2v) is 6.95. The molecule has 8 nitrogen and oxygen atoms in total. The Labute approximate surface area is 161 Å². The number of amides is 1. The minimum absolute atomic E-state index is 0.0920. The summed E-state index contributed by atoms with van der Waals surface area (Å²) in [7, 11) is 0. The van der Waals surface area contributed by atoms with E-state index in [0.29, 0.717) is 11.6 Å². The van der Waals surface area contributed by atoms with Gasteiger partial charge >= 0.3 is 0 Å². The molecule has 2 unspecified atom stereocenters. The molecule has 0 bridgehead atoms. The number of nitrogens with zero attached hydrogens (tertiary/aromatic N) is 6. The van der Waals surface area contributed by atoms with E-state index in [2.05, 4.69) is 42.9 Å². The van der Waals surface area contributed by atoms with Crippen LogP contribution < -0.4 is 5.32 Å². The van der Waals surface area contributed by atoms with Crippen molar-refractivity contribution in [3.63, 3.8) is 0 Å². The number of aryl methyl sites for hydroxylation is 1. The fourth-order valence-corrected chi connectivity index (χ4v) is 3.86. The molecule has 3 aromatic heterocycles. The van der Waals surface area contributed by atoms with Crippen LogP contribution in [0.25, 0.3) is 11.0 Å². The Morgan fingerprint density at radius 3 is 2.86 bits per heavy atom. The number of aromatic nitrogens is 6. The van der Waals surface area contributed by atoms with Gasteiger partial charge < -0.3 is 4.57 Å². The molecular formula is C20H19N7O. The van der Waals surface area contributed by atoms with Crippen LogP contribution in [0.4, 0.5) is 5.95 Å². The van der Waals surface area contributed by atoms with Gasteiger partial charge in [0.2, 0.25) is 5.95 Å². The summed E-state index contributed by atoms with van der Waals surface area (Å²) in [6.45, 7) is 2.13. The number of para-hydroxylation sites is 2. The van der Waals surface area contributed by atoms with Crippen molar-refractivity contribution in [3.8, 4) is 0 Å². The number of fused-ring (bicyclic) bond motifs is 2. The van der Waals surface area contributed by atoms with E-state index in [4.69, 9.17) is 0 Å². The molecule has 4 aromatic rings. The van der Waals surface area contributed by atoms with Crippen LogP contribution in [0.15, 0.2) is 55.0 Å². The van der Waals surface area contributed by atoms with E-state index in [0.717, 1.165) is 29.7 Å². The number of rotatable bonds is 3. The molecular weight excluding hydrogens is 354 g/mol. The number of anilines is 1. The highest BCUT2D eigenvalue weighted by Crippen LogP contribution is 2.35. The van der Waals surface area contributed by atoms with Gasteiger partial charge in [0, 0.05) is 12.6 Å². The van der Waals surface area contributed by atoms with Crippen molar-refractivity contribution in [2.75, 3.05) is 5.32 Å². The summed E-state index contributed by atoms with van der Waals surface area (Å²) in [6, 6.07) is 13.7. The molecule has 1 aromatic carbocycles. The SMILES string of the molecule is CC1C(n2cnc3ccccc32)CCc2nc(NC(=O)c3ccccn3)nn21. The van der Waals surface area contributed by atoms with Crippen molar-refractivity contribution >= 4 is 22.9 Å². The Kier molecular flexibility index (Phi) is 3.89. The highest BCUT2D eigenvalue weighted by Gasteiger charge is 2.31. The fraction of sp³-hybridized carbons (Fsp3) is 0.250. The number of benzene rings is 1. The van der Waals surface area contributed by atoms with Crippen LogP contribution in [-0.4, -0.2) is 35.2 Å². The van der Waals surface area contributed by atoms with E-state index >= 15 is 0 Å². The third-order valence-electron chi connectivity index (χ3n) is 5.27. The van der Waals surface area contributed by atoms with Gasteiger partial charge in [-0.05, 0) is 37.6 Å². The number of hydrogen-bond acceptors (Lipinski definition) is 5. The van der Waals surface area contributed by atoms with E-state index in [1.54, 1.807) is 24.4 Å². The molecule has 4 heterocycles. The maximum Gasteiger partial charge on any atom is 0.276 e. The molecule has 5 rings (SSSR count). The maximum absolute atomic E-state index is 12.3. The van der Waals surface area contributed by atoms with E-state index < -0.39 is 0 Å². The topological polar surface area (TPSA) is 90.5 Å². The molecule has 0 saturated carbocycles. The minimum Gasteiger partial charge on any atom is -0.325 e. The van der Waals surface area contributed by atoms with Crippen LogP contribution >= 0.6 is 0 Å². The van der Waals surface area contributed by atoms with Crippen molar-refractivity contribution in [1.82, 2.24) is 29.3 Å². The first kappa shape index (κ1) is 16.6. The van der Waals surface area contributed by atoms with Crippen LogP contribution in [-0.2, 0) is 6.42 Å². The number of pyridine rings is 1. The standard InChI is InChI=1S/C20H19N7O/c1-13-16(26-12-22-14-6-2-3-8-17(14)26)9-10-18-23-20(25-27(13)18)24-19(28)15-7-4-5-11-21-15/h2-8,11-13,16H,9-10H2,1H3,(H,24,25,28). The summed E-state index contributed by atoms with van der Waals surface area (Å²) in [5, 5.41) is 7.30. The van der Waals surface area contributed by atoms with Crippen LogP contribution in [0, 0.1) is 0 Å². The van der Waals surface area contributed by atoms with Crippen molar-refractivity contribution in [2.24, 2.45) is 0 Å². The smallest absolute Gasteiger partial charge is 0.276 e. The molecule has 0 radical (unpaired) electrons. The summed E-state index contributed by atoms with van der Waals surface area (Å²) in [4.78, 5) is 25.4. The van der Waals surface area contributed by atoms with Crippen molar-refractivity contribution in [1.29, 1.82) is 0 Å². The van der Waals surface area contributed by atoms with Gasteiger partial charge in [0.25, 0.3) is 5.91 Å². The molecule has 140 valence electrons. The fourth-order valence-electron chi connectivity index (χ4n) is 3.86. The first-order valence-corrected chi connectivity index (χ1v) is 9.30. The molecule has 28 heavy (non-hydrogen) atoms. The van der Waals surface area contributed by atoms with E-state index in [-0.39, 0.29) is 18.0 Å². The van der Waals surface area contributed by atoms with Gasteiger partial charge in [-0.15, -0.1) is 5.10 Å². The maximum atomic E-state index is 12.3. The van der Waals surface area contributed by atoms with E-state index in [1.165, 1.54) is 0 Å². The van der Waals surface area contributed by atoms with Gasteiger partial charge in [-0.1, -0.05) is 18.2 Å². The lowest BCUT2D eigenvalue weighted by atomic mass is 9.99. The number of imidazole rings is 1. The average molecular weight is 373 g/mol. The van der Waals surface area contributed by atoms with Gasteiger partial charge in [-0.2, -0.15) is 4.98 Å². The van der Waals surface area contributed by atoms with Gasteiger partial charge in [-0.3, -0.25) is 15.1 Å². The summed E-state index contributed by atoms with van der Waals surface area (Å²) < 4.78 is 4.13. The third kappa shape index (κ3) is 2.74. The molecule has 0 spiro atoms. The highest BCUT2D eigenvalue weighted by atomic mass is 16.2. The molecule has 0 aliphatic carbocycles. The Morgan fingerprint density at radius 1 is 1.14 bits per heavy atom. The Morgan fingerprint density at radius 2 is 2.00 bits per heavy atom. The van der Waals surface area contributed by atoms with Gasteiger partial charge in [0.1, 0.15) is 11.5 Å². The largest absolute Gasteiger partial charge is 0.325 e. The second-order valence-electron chi connectivity index (χ2n) is 6.95. The van der Waals surface area contributed by atoms with Crippen LogP contribution in [0.1, 0.15) is 41.7 Å². The monoisotopic (exact) mass is 373 g/mol. The number of hydrogen-bond donors (Lipinski definition) is 1. The molecule has 2 atom stereocenters. The number of nitrogens with one attached hydrogen (secondary N) is 1. The Bertz CT molecular complexity index is 1150. The van der Waals surface area contributed by atoms with Crippen molar-refractivity contribution in [2.45, 2.75) is 31.8 Å². The van der Waals surface area contributed by atoms with Crippen molar-refractivity contribution < 1.29 is 4.79 Å². The predicted molar refractivity (Wildman–Crippen MR) is 104 cm³/mol. The zero-order chi connectivity index (χ0) is 19.1. The average Bonchev–Trinajstić information content (AvgIpc) is 3.33. The molecule has 0 saturated heterocycles. The molecule has 1 aliphatic heterocycles. The van der Waals surface area contributed by atoms with Crippen LogP contribution in [0.3, 0.4) is 0 Å². The van der Waals surface area contributed by atoms with Gasteiger partial charge in [0.15, 0.2) is 0 Å². The highest BCUT2D eigenvalue weighted by molar-refractivity contribution is 6.01. The predicted octanol–water partition coefficient (Wildman–Crippen LogP) is 3.02. The zero-order valence-electron chi connectivity index (χ0n) is 15.4. The summed E-state index contributed by atoms with van der Waals surface area (Å²) >= 11 is 0. The Hall–Kier alpha value is -3.55. The lowest BCUT2D eigenvalue weighted by Gasteiger charge is -2.30. The number of carbonyl (C=O) groups excluding carboxylic acids is 1. The van der Waals surface area contributed by atoms with Crippen LogP contribution in [0.2, 0.25) is 0 Å². The molecule has 8 heteroatoms. The summed E-state index contributed by atoms with van der Waals surface area (Å²) in [5.74, 6) is 0.881. The molecule has 0 fully saturated rings. The first-order valence-electron chi connectivity index (χ1n) is 9.30. The summed E-state index contributed by atoms with van der Waals surface area (Å²) in [6.07, 6.45) is 5.21. The minimum atomic E-state index is -0.312. The zero-order valence-corrected chi connectivity index (χ0v) is 15.4. The van der Waals surface area contributed by atoms with E-state index in [9.17, 15) is 4.79 Å². The second kappa shape index (κ2) is 6.56. The van der Waals surface area contributed by atoms with Crippen molar-refractivity contribution in [3.05, 3.63) is 66.5 Å². The third-order valence-corrected chi connectivity index (χ3v) is 5.27. The van der Waals surface area contributed by atoms with Crippen LogP contribution in [0.5, 0.6) is 0 Å². The molecule has 1 N–H and O–H groups in total. The lowest BCUT2D eigenvalue weighted by molar-refractivity contribution is 0.102. The number of carbonyl (C=O) groups is 1. The molecule has 1 aliphatic rings. The van der Waals surface area contributed by atoms with E-state index in [1.807, 2.05) is 29.2 Å². The molecule has 1 amide bonds. The lowest BCUT2D eigenvalue weighted by Crippen LogP contribution is -2.28. The normalized spacial score (nSPS) is 18.8. The summed E-state index contributed by atoms with van der Waals surface area (Å²) in [5.41, 5.74) is 2.44. The first-order chi connectivity index (χ1) is 13.7. The quantitative estimate of drug-likeness (QED) is 0.596.